The van der Waals surface area contributed by atoms with E-state index in [9.17, 15) is 0 Å². The highest BCUT2D eigenvalue weighted by molar-refractivity contribution is 5.42. The van der Waals surface area contributed by atoms with Crippen molar-refractivity contribution in [3.8, 4) is 6.07 Å². The Morgan fingerprint density at radius 2 is 2.06 bits per heavy atom. The molecule has 0 saturated heterocycles. The molecule has 0 spiro atoms. The predicted octanol–water partition coefficient (Wildman–Crippen LogP) is 2.69. The Hall–Kier alpha value is -1.33. The molecule has 0 amide bonds. The van der Waals surface area contributed by atoms with Gasteiger partial charge in [-0.3, -0.25) is 0 Å². The van der Waals surface area contributed by atoms with Gasteiger partial charge in [0.25, 0.3) is 0 Å². The summed E-state index contributed by atoms with van der Waals surface area (Å²) in [5.41, 5.74) is 2.80. The van der Waals surface area contributed by atoms with Crippen LogP contribution in [0.1, 0.15) is 37.5 Å². The predicted molar refractivity (Wildman–Crippen MR) is 64.8 cm³/mol. The molecular weight excluding hydrogens is 198 g/mol. The topological polar surface area (TPSA) is 44.0 Å². The minimum absolute atomic E-state index is 0.0377. The number of nitriles is 1. The summed E-state index contributed by atoms with van der Waals surface area (Å²) in [5, 5.41) is 18.1. The second-order valence-electron chi connectivity index (χ2n) is 4.57. The molecule has 0 aliphatic heterocycles. The van der Waals surface area contributed by atoms with Crippen LogP contribution in [0.5, 0.6) is 0 Å². The summed E-state index contributed by atoms with van der Waals surface area (Å²) >= 11 is 0. The largest absolute Gasteiger partial charge is 0.395 e. The van der Waals surface area contributed by atoms with E-state index in [4.69, 9.17) is 10.4 Å². The summed E-state index contributed by atoms with van der Waals surface area (Å²) in [4.78, 5) is 0. The molecule has 16 heavy (non-hydrogen) atoms. The van der Waals surface area contributed by atoms with Crippen molar-refractivity contribution in [1.29, 1.82) is 5.26 Å². The molecule has 0 atom stereocenters. The highest BCUT2D eigenvalue weighted by Crippen LogP contribution is 2.19. The lowest BCUT2D eigenvalue weighted by Gasteiger charge is -2.12. The van der Waals surface area contributed by atoms with Gasteiger partial charge in [0, 0.05) is 5.92 Å². The van der Waals surface area contributed by atoms with Crippen LogP contribution in [0.2, 0.25) is 0 Å². The van der Waals surface area contributed by atoms with Crippen molar-refractivity contribution in [2.45, 2.75) is 27.2 Å². The molecule has 85 valence electrons. The number of hydrogen-bond donors (Lipinski definition) is 1. The van der Waals surface area contributed by atoms with E-state index in [0.29, 0.717) is 11.5 Å². The number of aliphatic hydroxyl groups is 1. The van der Waals surface area contributed by atoms with Gasteiger partial charge < -0.3 is 5.11 Å². The standard InChI is InChI=1S/C14H18NO/c1-10(2)4-12-5-13(8-15)7-14(6-12)11(3)9-16/h5-7,10,16H,4,9H2,1-3H3. The van der Waals surface area contributed by atoms with Gasteiger partial charge in [0.15, 0.2) is 0 Å². The van der Waals surface area contributed by atoms with E-state index >= 15 is 0 Å². The number of benzene rings is 1. The first-order valence-electron chi connectivity index (χ1n) is 5.54. The zero-order valence-electron chi connectivity index (χ0n) is 10.1. The third-order valence-corrected chi connectivity index (χ3v) is 2.50. The zero-order valence-corrected chi connectivity index (χ0v) is 10.1. The van der Waals surface area contributed by atoms with E-state index in [-0.39, 0.29) is 6.61 Å². The van der Waals surface area contributed by atoms with Gasteiger partial charge in [0.1, 0.15) is 0 Å². The maximum atomic E-state index is 9.10. The van der Waals surface area contributed by atoms with Crippen LogP contribution in [0, 0.1) is 23.2 Å². The molecule has 2 heteroatoms. The van der Waals surface area contributed by atoms with E-state index in [1.807, 2.05) is 19.1 Å². The van der Waals surface area contributed by atoms with Crippen molar-refractivity contribution < 1.29 is 5.11 Å². The second kappa shape index (κ2) is 5.67. The first kappa shape index (κ1) is 12.7. The van der Waals surface area contributed by atoms with Crippen molar-refractivity contribution >= 4 is 0 Å². The number of hydrogen-bond acceptors (Lipinski definition) is 2. The quantitative estimate of drug-likeness (QED) is 0.841. The van der Waals surface area contributed by atoms with Gasteiger partial charge >= 0.3 is 0 Å². The number of rotatable bonds is 4. The summed E-state index contributed by atoms with van der Waals surface area (Å²) in [6.45, 7) is 6.23. The highest BCUT2D eigenvalue weighted by Gasteiger charge is 2.08. The second-order valence-corrected chi connectivity index (χ2v) is 4.57. The van der Waals surface area contributed by atoms with Gasteiger partial charge in [0.05, 0.1) is 18.2 Å². The Labute approximate surface area is 97.5 Å². The average molecular weight is 216 g/mol. The minimum atomic E-state index is 0.0377. The van der Waals surface area contributed by atoms with Crippen LogP contribution in [0.25, 0.3) is 0 Å². The molecule has 1 aromatic carbocycles. The first-order valence-corrected chi connectivity index (χ1v) is 5.54. The van der Waals surface area contributed by atoms with Crippen molar-refractivity contribution in [3.63, 3.8) is 0 Å². The normalized spacial score (nSPS) is 10.8. The molecule has 0 aromatic heterocycles. The number of aliphatic hydroxyl groups excluding tert-OH is 1. The minimum Gasteiger partial charge on any atom is -0.395 e. The van der Waals surface area contributed by atoms with Crippen molar-refractivity contribution in [2.24, 2.45) is 5.92 Å². The van der Waals surface area contributed by atoms with Gasteiger partial charge in [-0.25, -0.2) is 0 Å². The molecule has 1 N–H and O–H groups in total. The highest BCUT2D eigenvalue weighted by atomic mass is 16.3. The van der Waals surface area contributed by atoms with Crippen LogP contribution in [0.3, 0.4) is 0 Å². The van der Waals surface area contributed by atoms with E-state index in [1.54, 1.807) is 0 Å². The van der Waals surface area contributed by atoms with Crippen LogP contribution in [0.4, 0.5) is 0 Å². The molecular formula is C14H18NO. The maximum absolute atomic E-state index is 9.10. The van der Waals surface area contributed by atoms with E-state index in [2.05, 4.69) is 26.0 Å². The molecule has 1 rings (SSSR count). The molecule has 0 bridgehead atoms. The molecule has 0 unspecified atom stereocenters. The van der Waals surface area contributed by atoms with Gasteiger partial charge in [-0.05, 0) is 35.6 Å². The lowest BCUT2D eigenvalue weighted by molar-refractivity contribution is 0.315. The van der Waals surface area contributed by atoms with Gasteiger partial charge in [0.2, 0.25) is 0 Å². The fourth-order valence-electron chi connectivity index (χ4n) is 1.68. The summed E-state index contributed by atoms with van der Waals surface area (Å²) in [6.07, 6.45) is 0.960. The van der Waals surface area contributed by atoms with Crippen LogP contribution in [-0.4, -0.2) is 11.7 Å². The SMILES string of the molecule is C[C](CO)c1cc(C#N)cc(CC(C)C)c1. The molecule has 1 aromatic rings. The molecule has 0 saturated carbocycles. The van der Waals surface area contributed by atoms with Gasteiger partial charge in [-0.2, -0.15) is 5.26 Å². The Bertz CT molecular complexity index is 390. The van der Waals surface area contributed by atoms with Crippen LogP contribution in [-0.2, 0) is 6.42 Å². The molecule has 0 fully saturated rings. The summed E-state index contributed by atoms with van der Waals surface area (Å²) < 4.78 is 0. The van der Waals surface area contributed by atoms with Gasteiger partial charge in [-0.1, -0.05) is 26.8 Å². The van der Waals surface area contributed by atoms with Crippen LogP contribution >= 0.6 is 0 Å². The smallest absolute Gasteiger partial charge is 0.0991 e. The van der Waals surface area contributed by atoms with Gasteiger partial charge in [-0.15, -0.1) is 0 Å². The van der Waals surface area contributed by atoms with Crippen LogP contribution < -0.4 is 0 Å². The third-order valence-electron chi connectivity index (χ3n) is 2.50. The van der Waals surface area contributed by atoms with Crippen molar-refractivity contribution in [2.75, 3.05) is 6.61 Å². The molecule has 1 radical (unpaired) electrons. The average Bonchev–Trinajstić information content (AvgIpc) is 2.26. The Balaban J connectivity index is 3.06. The number of nitrogens with zero attached hydrogens (tertiary/aromatic N) is 1. The Morgan fingerprint density at radius 1 is 1.38 bits per heavy atom. The summed E-state index contributed by atoms with van der Waals surface area (Å²) in [5.74, 6) is 1.47. The molecule has 0 aliphatic rings. The Kier molecular flexibility index (Phi) is 4.52. The molecule has 2 nitrogen and oxygen atoms in total. The van der Waals surface area contributed by atoms with E-state index < -0.39 is 0 Å². The zero-order chi connectivity index (χ0) is 12.1. The summed E-state index contributed by atoms with van der Waals surface area (Å²) in [7, 11) is 0. The van der Waals surface area contributed by atoms with E-state index in [1.165, 1.54) is 0 Å². The lowest BCUT2D eigenvalue weighted by Crippen LogP contribution is -2.03. The lowest BCUT2D eigenvalue weighted by atomic mass is 9.94. The third kappa shape index (κ3) is 3.36. The van der Waals surface area contributed by atoms with Crippen LogP contribution in [0.15, 0.2) is 18.2 Å². The fourth-order valence-corrected chi connectivity index (χ4v) is 1.68. The van der Waals surface area contributed by atoms with E-state index in [0.717, 1.165) is 23.5 Å². The van der Waals surface area contributed by atoms with Crippen molar-refractivity contribution in [3.05, 3.63) is 40.8 Å². The maximum Gasteiger partial charge on any atom is 0.0991 e. The Morgan fingerprint density at radius 3 is 2.56 bits per heavy atom. The van der Waals surface area contributed by atoms with Crippen molar-refractivity contribution in [1.82, 2.24) is 0 Å². The fraction of sp³-hybridized carbons (Fsp3) is 0.429. The molecule has 0 heterocycles. The summed E-state index contributed by atoms with van der Waals surface area (Å²) in [6, 6.07) is 7.98. The molecule has 0 aliphatic carbocycles. The monoisotopic (exact) mass is 216 g/mol. The first-order chi connectivity index (χ1) is 7.56.